The predicted molar refractivity (Wildman–Crippen MR) is 77.0 cm³/mol. The van der Waals surface area contributed by atoms with Crippen molar-refractivity contribution in [2.45, 2.75) is 45.2 Å². The maximum Gasteiger partial charge on any atom is 0.128 e. The highest BCUT2D eigenvalue weighted by Gasteiger charge is 2.25. The molecule has 4 heteroatoms. The zero-order valence-electron chi connectivity index (χ0n) is 11.2. The van der Waals surface area contributed by atoms with Crippen molar-refractivity contribution in [1.82, 2.24) is 4.98 Å². The van der Waals surface area contributed by atoms with E-state index in [4.69, 9.17) is 17.3 Å². The normalized spacial score (nSPS) is 24.0. The Morgan fingerprint density at radius 1 is 1.39 bits per heavy atom. The molecule has 0 saturated heterocycles. The zero-order chi connectivity index (χ0) is 13.1. The first kappa shape index (κ1) is 13.6. The van der Waals surface area contributed by atoms with E-state index in [-0.39, 0.29) is 0 Å². The van der Waals surface area contributed by atoms with Gasteiger partial charge in [0.2, 0.25) is 0 Å². The van der Waals surface area contributed by atoms with Gasteiger partial charge in [-0.15, -0.1) is 0 Å². The molecule has 2 atom stereocenters. The molecule has 2 N–H and O–H groups in total. The van der Waals surface area contributed by atoms with Crippen molar-refractivity contribution >= 4 is 17.4 Å². The number of nitrogens with two attached hydrogens (primary N) is 1. The maximum absolute atomic E-state index is 6.05. The Kier molecular flexibility index (Phi) is 4.46. The Morgan fingerprint density at radius 2 is 2.11 bits per heavy atom. The van der Waals surface area contributed by atoms with E-state index >= 15 is 0 Å². The zero-order valence-corrected chi connectivity index (χ0v) is 12.0. The second-order valence-corrected chi connectivity index (χ2v) is 5.65. The number of nitrogens with zero attached hydrogens (tertiary/aromatic N) is 2. The van der Waals surface area contributed by atoms with Gasteiger partial charge >= 0.3 is 0 Å². The first-order valence-electron chi connectivity index (χ1n) is 6.71. The lowest BCUT2D eigenvalue weighted by Gasteiger charge is -2.37. The van der Waals surface area contributed by atoms with Crippen LogP contribution in [0.1, 0.15) is 38.3 Å². The number of aromatic nitrogens is 1. The molecule has 1 aromatic rings. The Balaban J connectivity index is 2.19. The first-order valence-corrected chi connectivity index (χ1v) is 7.09. The summed E-state index contributed by atoms with van der Waals surface area (Å²) in [5, 5.41) is 0.659. The van der Waals surface area contributed by atoms with E-state index in [0.717, 1.165) is 17.4 Å². The molecule has 0 aromatic carbocycles. The summed E-state index contributed by atoms with van der Waals surface area (Å²) in [7, 11) is 2.13. The second kappa shape index (κ2) is 5.89. The number of hydrogen-bond acceptors (Lipinski definition) is 3. The van der Waals surface area contributed by atoms with Gasteiger partial charge in [-0.1, -0.05) is 31.4 Å². The molecule has 3 nitrogen and oxygen atoms in total. The van der Waals surface area contributed by atoms with E-state index < -0.39 is 0 Å². The lowest BCUT2D eigenvalue weighted by atomic mass is 9.85. The van der Waals surface area contributed by atoms with Crippen LogP contribution in [-0.2, 0) is 6.54 Å². The van der Waals surface area contributed by atoms with Crippen LogP contribution in [0.3, 0.4) is 0 Å². The Hall–Kier alpha value is -0.800. The molecule has 0 amide bonds. The fraction of sp³-hybridized carbons (Fsp3) is 0.643. The molecule has 18 heavy (non-hydrogen) atoms. The highest BCUT2D eigenvalue weighted by Crippen LogP contribution is 2.30. The van der Waals surface area contributed by atoms with Crippen molar-refractivity contribution in [2.24, 2.45) is 11.7 Å². The van der Waals surface area contributed by atoms with E-state index in [1.54, 1.807) is 0 Å². The van der Waals surface area contributed by atoms with Crippen molar-refractivity contribution in [3.05, 3.63) is 22.8 Å². The maximum atomic E-state index is 6.05. The molecule has 1 aromatic heterocycles. The van der Waals surface area contributed by atoms with Gasteiger partial charge in [-0.2, -0.15) is 0 Å². The largest absolute Gasteiger partial charge is 0.356 e. The Labute approximate surface area is 114 Å². The summed E-state index contributed by atoms with van der Waals surface area (Å²) in [4.78, 5) is 6.86. The molecule has 2 unspecified atom stereocenters. The number of pyridine rings is 1. The van der Waals surface area contributed by atoms with Gasteiger partial charge in [0.05, 0.1) is 10.7 Å². The van der Waals surface area contributed by atoms with Gasteiger partial charge in [-0.05, 0) is 30.9 Å². The van der Waals surface area contributed by atoms with Gasteiger partial charge in [-0.3, -0.25) is 0 Å². The lowest BCUT2D eigenvalue weighted by Crippen LogP contribution is -2.39. The lowest BCUT2D eigenvalue weighted by molar-refractivity contribution is 0.320. The highest BCUT2D eigenvalue weighted by atomic mass is 35.5. The van der Waals surface area contributed by atoms with Crippen LogP contribution in [0.25, 0.3) is 0 Å². The Morgan fingerprint density at radius 3 is 2.78 bits per heavy atom. The first-order chi connectivity index (χ1) is 8.63. The molecule has 1 saturated carbocycles. The van der Waals surface area contributed by atoms with Crippen LogP contribution in [0.4, 0.5) is 5.82 Å². The van der Waals surface area contributed by atoms with Gasteiger partial charge in [0.1, 0.15) is 5.82 Å². The van der Waals surface area contributed by atoms with Crippen molar-refractivity contribution in [1.29, 1.82) is 0 Å². The number of rotatable bonds is 3. The third-order valence-corrected chi connectivity index (χ3v) is 4.37. The SMILES string of the molecule is CC1CCCCC1N(C)c1ccc(Cl)c(CN)n1. The number of halogens is 1. The van der Waals surface area contributed by atoms with Gasteiger partial charge in [0.25, 0.3) is 0 Å². The van der Waals surface area contributed by atoms with Crippen LogP contribution in [-0.4, -0.2) is 18.1 Å². The van der Waals surface area contributed by atoms with Crippen LogP contribution in [0.5, 0.6) is 0 Å². The molecule has 0 bridgehead atoms. The molecule has 0 radical (unpaired) electrons. The molecule has 2 rings (SSSR count). The molecular weight excluding hydrogens is 246 g/mol. The van der Waals surface area contributed by atoms with E-state index in [0.29, 0.717) is 17.6 Å². The van der Waals surface area contributed by atoms with Crippen molar-refractivity contribution < 1.29 is 0 Å². The molecular formula is C14H22ClN3. The van der Waals surface area contributed by atoms with Crippen LogP contribution < -0.4 is 10.6 Å². The summed E-state index contributed by atoms with van der Waals surface area (Å²) in [5.74, 6) is 1.71. The predicted octanol–water partition coefficient (Wildman–Crippen LogP) is 3.21. The molecule has 0 aliphatic heterocycles. The summed E-state index contributed by atoms with van der Waals surface area (Å²) in [6, 6.07) is 4.47. The fourth-order valence-electron chi connectivity index (χ4n) is 2.85. The summed E-state index contributed by atoms with van der Waals surface area (Å²) >= 11 is 6.05. The summed E-state index contributed by atoms with van der Waals surface area (Å²) < 4.78 is 0. The fourth-order valence-corrected chi connectivity index (χ4v) is 3.04. The van der Waals surface area contributed by atoms with E-state index in [2.05, 4.69) is 23.9 Å². The van der Waals surface area contributed by atoms with Crippen LogP contribution >= 0.6 is 11.6 Å². The minimum absolute atomic E-state index is 0.390. The molecule has 0 spiro atoms. The minimum Gasteiger partial charge on any atom is -0.356 e. The quantitative estimate of drug-likeness (QED) is 0.914. The smallest absolute Gasteiger partial charge is 0.128 e. The highest BCUT2D eigenvalue weighted by molar-refractivity contribution is 6.31. The number of hydrogen-bond donors (Lipinski definition) is 1. The van der Waals surface area contributed by atoms with Crippen LogP contribution in [0.15, 0.2) is 12.1 Å². The average Bonchev–Trinajstić information content (AvgIpc) is 2.39. The van der Waals surface area contributed by atoms with Crippen molar-refractivity contribution in [3.8, 4) is 0 Å². The second-order valence-electron chi connectivity index (χ2n) is 5.24. The third kappa shape index (κ3) is 2.78. The summed E-state index contributed by atoms with van der Waals surface area (Å²) in [6.45, 7) is 2.72. The number of anilines is 1. The van der Waals surface area contributed by atoms with Gasteiger partial charge < -0.3 is 10.6 Å². The molecule has 1 heterocycles. The molecule has 1 aliphatic rings. The van der Waals surface area contributed by atoms with Crippen LogP contribution in [0.2, 0.25) is 5.02 Å². The van der Waals surface area contributed by atoms with Gasteiger partial charge in [0, 0.05) is 19.6 Å². The van der Waals surface area contributed by atoms with Crippen molar-refractivity contribution in [3.63, 3.8) is 0 Å². The Bertz CT molecular complexity index is 408. The van der Waals surface area contributed by atoms with Crippen molar-refractivity contribution in [2.75, 3.05) is 11.9 Å². The molecule has 100 valence electrons. The van der Waals surface area contributed by atoms with Crippen LogP contribution in [0, 0.1) is 5.92 Å². The summed E-state index contributed by atoms with van der Waals surface area (Å²) in [6.07, 6.45) is 5.23. The average molecular weight is 268 g/mol. The molecule has 1 fully saturated rings. The van der Waals surface area contributed by atoms with E-state index in [1.807, 2.05) is 12.1 Å². The minimum atomic E-state index is 0.390. The molecule has 1 aliphatic carbocycles. The standard InChI is InChI=1S/C14H22ClN3/c1-10-5-3-4-6-13(10)18(2)14-8-7-11(15)12(9-16)17-14/h7-8,10,13H,3-6,9,16H2,1-2H3. The van der Waals surface area contributed by atoms with Gasteiger partial charge in [0.15, 0.2) is 0 Å². The van der Waals surface area contributed by atoms with Gasteiger partial charge in [-0.25, -0.2) is 4.98 Å². The van der Waals surface area contributed by atoms with E-state index in [1.165, 1.54) is 25.7 Å². The summed E-state index contributed by atoms with van der Waals surface area (Å²) in [5.41, 5.74) is 6.44. The third-order valence-electron chi connectivity index (χ3n) is 4.02. The topological polar surface area (TPSA) is 42.1 Å². The monoisotopic (exact) mass is 267 g/mol. The van der Waals surface area contributed by atoms with E-state index in [9.17, 15) is 0 Å².